The molecule has 0 saturated heterocycles. The van der Waals surface area contributed by atoms with Gasteiger partial charge in [0.15, 0.2) is 0 Å². The van der Waals surface area contributed by atoms with Gasteiger partial charge in [0.2, 0.25) is 11.8 Å². The first-order valence-corrected chi connectivity index (χ1v) is 5.06. The molecule has 1 aromatic rings. The monoisotopic (exact) mass is 301 g/mol. The summed E-state index contributed by atoms with van der Waals surface area (Å²) in [7, 11) is 0.776. The summed E-state index contributed by atoms with van der Waals surface area (Å²) in [5.74, 6) is -6.27. The lowest BCUT2D eigenvalue weighted by Gasteiger charge is -2.27. The van der Waals surface area contributed by atoms with Gasteiger partial charge in [0.05, 0.1) is 17.6 Å². The number of nitrogens with two attached hydrogens (primary N) is 1. The number of nitrogens with zero attached hydrogens (tertiary/aromatic N) is 2. The van der Waals surface area contributed by atoms with Crippen molar-refractivity contribution in [1.29, 1.82) is 0 Å². The highest BCUT2D eigenvalue weighted by molar-refractivity contribution is 5.97. The maximum Gasteiger partial charge on any atom is 0.409 e. The van der Waals surface area contributed by atoms with E-state index in [4.69, 9.17) is 5.73 Å². The van der Waals surface area contributed by atoms with E-state index in [1.54, 1.807) is 0 Å². The Morgan fingerprint density at radius 1 is 1.25 bits per heavy atom. The predicted octanol–water partition coefficient (Wildman–Crippen LogP) is 2.37. The molecule has 112 valence electrons. The van der Waals surface area contributed by atoms with Crippen molar-refractivity contribution in [1.82, 2.24) is 4.98 Å². The fourth-order valence-electron chi connectivity index (χ4n) is 1.48. The van der Waals surface area contributed by atoms with Crippen LogP contribution in [0.3, 0.4) is 0 Å². The molecule has 0 bridgehead atoms. The van der Waals surface area contributed by atoms with Crippen LogP contribution in [-0.4, -0.2) is 30.3 Å². The molecule has 0 fully saturated rings. The van der Waals surface area contributed by atoms with Crippen LogP contribution in [0.15, 0.2) is 18.5 Å². The minimum absolute atomic E-state index is 0.211. The highest BCUT2D eigenvalue weighted by atomic mass is 19.4. The topological polar surface area (TPSA) is 59.2 Å². The van der Waals surface area contributed by atoms with Crippen molar-refractivity contribution in [2.24, 2.45) is 5.92 Å². The number of hydrogen-bond acceptors (Lipinski definition) is 3. The zero-order valence-electron chi connectivity index (χ0n) is 9.96. The van der Waals surface area contributed by atoms with Gasteiger partial charge in [-0.25, -0.2) is 0 Å². The number of hydrogen-bond donors (Lipinski definition) is 1. The third-order valence-electron chi connectivity index (χ3n) is 2.42. The Labute approximate surface area is 109 Å². The van der Waals surface area contributed by atoms with E-state index in [0.717, 1.165) is 25.5 Å². The second-order valence-corrected chi connectivity index (χ2v) is 3.85. The van der Waals surface area contributed by atoms with E-state index in [9.17, 15) is 31.1 Å². The van der Waals surface area contributed by atoms with E-state index in [1.165, 1.54) is 0 Å². The molecule has 0 radical (unpaired) electrons. The summed E-state index contributed by atoms with van der Waals surface area (Å²) in [6.07, 6.45) is -9.39. The Balaban J connectivity index is 3.18. The van der Waals surface area contributed by atoms with Crippen LogP contribution in [-0.2, 0) is 4.79 Å². The Hall–Kier alpha value is -2.00. The molecular formula is C10H9F6N3O. The third kappa shape index (κ3) is 3.31. The van der Waals surface area contributed by atoms with Crippen LogP contribution < -0.4 is 10.6 Å². The zero-order chi connectivity index (χ0) is 15.7. The third-order valence-corrected chi connectivity index (χ3v) is 2.42. The average Bonchev–Trinajstić information content (AvgIpc) is 2.24. The van der Waals surface area contributed by atoms with Gasteiger partial charge in [0.1, 0.15) is 0 Å². The number of halogens is 6. The normalized spacial score (nSPS) is 12.6. The SMILES string of the molecule is CN(C(=O)C(C(F)(F)F)C(F)(F)F)c1ccncc1N. The van der Waals surface area contributed by atoms with Crippen LogP contribution in [0.5, 0.6) is 0 Å². The van der Waals surface area contributed by atoms with Crippen LogP contribution in [0.4, 0.5) is 37.7 Å². The molecule has 0 aliphatic carbocycles. The molecule has 1 heterocycles. The smallest absolute Gasteiger partial charge is 0.396 e. The Kier molecular flexibility index (Phi) is 4.15. The Morgan fingerprint density at radius 3 is 2.15 bits per heavy atom. The van der Waals surface area contributed by atoms with E-state index in [2.05, 4.69) is 4.98 Å². The van der Waals surface area contributed by atoms with Crippen LogP contribution >= 0.6 is 0 Å². The molecule has 1 aromatic heterocycles. The lowest BCUT2D eigenvalue weighted by atomic mass is 10.1. The van der Waals surface area contributed by atoms with Gasteiger partial charge in [-0.05, 0) is 6.07 Å². The molecule has 20 heavy (non-hydrogen) atoms. The first kappa shape index (κ1) is 16.1. The summed E-state index contributed by atoms with van der Waals surface area (Å²) in [4.78, 5) is 15.2. The highest BCUT2D eigenvalue weighted by Crippen LogP contribution is 2.41. The van der Waals surface area contributed by atoms with Gasteiger partial charge in [-0.1, -0.05) is 0 Å². The summed E-state index contributed by atoms with van der Waals surface area (Å²) in [6.45, 7) is 0. The van der Waals surface area contributed by atoms with Crippen molar-refractivity contribution in [2.45, 2.75) is 12.4 Å². The molecule has 0 aromatic carbocycles. The molecule has 1 amide bonds. The maximum absolute atomic E-state index is 12.4. The predicted molar refractivity (Wildman–Crippen MR) is 57.7 cm³/mol. The van der Waals surface area contributed by atoms with Gasteiger partial charge >= 0.3 is 12.4 Å². The molecule has 1 rings (SSSR count). The second-order valence-electron chi connectivity index (χ2n) is 3.85. The van der Waals surface area contributed by atoms with Crippen molar-refractivity contribution in [3.63, 3.8) is 0 Å². The van der Waals surface area contributed by atoms with E-state index in [-0.39, 0.29) is 16.3 Å². The summed E-state index contributed by atoms with van der Waals surface area (Å²) < 4.78 is 74.6. The first-order chi connectivity index (χ1) is 8.96. The molecule has 0 atom stereocenters. The van der Waals surface area contributed by atoms with Crippen molar-refractivity contribution >= 4 is 17.3 Å². The van der Waals surface area contributed by atoms with E-state index in [1.807, 2.05) is 0 Å². The van der Waals surface area contributed by atoms with E-state index >= 15 is 0 Å². The van der Waals surface area contributed by atoms with Gasteiger partial charge in [-0.2, -0.15) is 26.3 Å². The maximum atomic E-state index is 12.4. The molecule has 2 N–H and O–H groups in total. The largest absolute Gasteiger partial charge is 0.409 e. The molecule has 0 saturated carbocycles. The summed E-state index contributed by atoms with van der Waals surface area (Å²) in [6, 6.07) is 1.04. The standard InChI is InChI=1S/C10H9F6N3O/c1-19(6-2-3-18-4-5(6)17)8(20)7(9(11,12)13)10(14,15)16/h2-4,7H,17H2,1H3. The van der Waals surface area contributed by atoms with E-state index < -0.39 is 24.2 Å². The molecule has 0 aliphatic heterocycles. The average molecular weight is 301 g/mol. The van der Waals surface area contributed by atoms with Crippen molar-refractivity contribution in [2.75, 3.05) is 17.7 Å². The first-order valence-electron chi connectivity index (χ1n) is 5.06. The molecule has 4 nitrogen and oxygen atoms in total. The summed E-state index contributed by atoms with van der Waals surface area (Å²) >= 11 is 0. The molecule has 10 heteroatoms. The van der Waals surface area contributed by atoms with Gasteiger partial charge in [-0.15, -0.1) is 0 Å². The van der Waals surface area contributed by atoms with Crippen LogP contribution in [0.1, 0.15) is 0 Å². The highest BCUT2D eigenvalue weighted by Gasteiger charge is 2.62. The Morgan fingerprint density at radius 2 is 1.75 bits per heavy atom. The van der Waals surface area contributed by atoms with Gasteiger partial charge in [0.25, 0.3) is 0 Å². The zero-order valence-corrected chi connectivity index (χ0v) is 9.96. The van der Waals surface area contributed by atoms with Gasteiger partial charge in [-0.3, -0.25) is 9.78 Å². The van der Waals surface area contributed by atoms with E-state index in [0.29, 0.717) is 0 Å². The number of carbonyl (C=O) groups excluding carboxylic acids is 1. The fourth-order valence-corrected chi connectivity index (χ4v) is 1.48. The molecule has 0 unspecified atom stereocenters. The molecular weight excluding hydrogens is 292 g/mol. The summed E-state index contributed by atoms with van der Waals surface area (Å²) in [5.41, 5.74) is 4.85. The number of pyridine rings is 1. The van der Waals surface area contributed by atoms with Gasteiger partial charge in [0, 0.05) is 13.2 Å². The minimum atomic E-state index is -5.74. The minimum Gasteiger partial charge on any atom is -0.396 e. The van der Waals surface area contributed by atoms with Crippen molar-refractivity contribution in [3.8, 4) is 0 Å². The van der Waals surface area contributed by atoms with Crippen LogP contribution in [0.25, 0.3) is 0 Å². The fraction of sp³-hybridized carbons (Fsp3) is 0.400. The lowest BCUT2D eigenvalue weighted by Crippen LogP contribution is -2.48. The number of rotatable bonds is 2. The van der Waals surface area contributed by atoms with Crippen molar-refractivity contribution in [3.05, 3.63) is 18.5 Å². The quantitative estimate of drug-likeness (QED) is 0.853. The number of amides is 1. The number of aromatic nitrogens is 1. The molecule has 0 spiro atoms. The number of nitrogen functional groups attached to an aromatic ring is 1. The van der Waals surface area contributed by atoms with Crippen LogP contribution in [0, 0.1) is 5.92 Å². The van der Waals surface area contributed by atoms with Crippen molar-refractivity contribution < 1.29 is 31.1 Å². The number of anilines is 2. The lowest BCUT2D eigenvalue weighted by molar-refractivity contribution is -0.273. The number of carbonyl (C=O) groups is 1. The second kappa shape index (κ2) is 5.17. The van der Waals surface area contributed by atoms with Gasteiger partial charge < -0.3 is 10.6 Å². The van der Waals surface area contributed by atoms with Crippen LogP contribution in [0.2, 0.25) is 0 Å². The summed E-state index contributed by atoms with van der Waals surface area (Å²) in [5, 5.41) is 0. The number of alkyl halides is 6. The Bertz CT molecular complexity index is 485. The molecule has 0 aliphatic rings.